The summed E-state index contributed by atoms with van der Waals surface area (Å²) in [7, 11) is -3.48. The van der Waals surface area contributed by atoms with E-state index in [0.717, 1.165) is 3.79 Å². The van der Waals surface area contributed by atoms with Crippen molar-refractivity contribution in [3.8, 4) is 0 Å². The lowest BCUT2D eigenvalue weighted by Crippen LogP contribution is -2.28. The van der Waals surface area contributed by atoms with E-state index in [9.17, 15) is 8.42 Å². The minimum absolute atomic E-state index is 0.0661. The predicted octanol–water partition coefficient (Wildman–Crippen LogP) is 2.57. The fraction of sp³-hybridized carbons (Fsp3) is 0.556. The third kappa shape index (κ3) is 4.60. The third-order valence-electron chi connectivity index (χ3n) is 2.16. The second kappa shape index (κ2) is 6.63. The van der Waals surface area contributed by atoms with E-state index < -0.39 is 10.0 Å². The molecule has 0 aliphatic heterocycles. The van der Waals surface area contributed by atoms with Gasteiger partial charge in [-0.2, -0.15) is 0 Å². The van der Waals surface area contributed by atoms with Crippen LogP contribution in [-0.4, -0.2) is 26.7 Å². The second-order valence-corrected chi connectivity index (χ2v) is 9.14. The average Bonchev–Trinajstić information content (AvgIpc) is 2.56. The molecule has 0 fully saturated rings. The number of nitrogens with one attached hydrogen (secondary N) is 1. The minimum Gasteiger partial charge on any atom is -0.396 e. The van der Waals surface area contributed by atoms with Crippen LogP contribution in [0.5, 0.6) is 0 Å². The highest BCUT2D eigenvalue weighted by atomic mass is 79.9. The van der Waals surface area contributed by atoms with Crippen molar-refractivity contribution in [2.75, 3.05) is 13.2 Å². The Kier molecular flexibility index (Phi) is 6.07. The van der Waals surface area contributed by atoms with E-state index in [-0.39, 0.29) is 17.4 Å². The topological polar surface area (TPSA) is 66.4 Å². The number of aliphatic hydroxyl groups is 1. The van der Waals surface area contributed by atoms with E-state index in [2.05, 4.69) is 36.6 Å². The molecule has 1 heterocycles. The van der Waals surface area contributed by atoms with Crippen LogP contribution in [0, 0.1) is 5.92 Å². The summed E-state index contributed by atoms with van der Waals surface area (Å²) < 4.78 is 27.8. The standard InChI is InChI=1S/C9H13Br2NO3S2/c1-6(2-3-13)5-12-17(14,15)7-4-8(10)16-9(7)11/h4,6,12-13H,2-3,5H2,1H3. The van der Waals surface area contributed by atoms with E-state index >= 15 is 0 Å². The Morgan fingerprint density at radius 1 is 1.53 bits per heavy atom. The van der Waals surface area contributed by atoms with Gasteiger partial charge in [-0.25, -0.2) is 13.1 Å². The maximum absolute atomic E-state index is 12.0. The SMILES string of the molecule is CC(CCO)CNS(=O)(=O)c1cc(Br)sc1Br. The summed E-state index contributed by atoms with van der Waals surface area (Å²) >= 11 is 7.78. The van der Waals surface area contributed by atoms with Crippen molar-refractivity contribution >= 4 is 53.2 Å². The zero-order valence-corrected chi connectivity index (χ0v) is 13.9. The maximum atomic E-state index is 12.0. The summed E-state index contributed by atoms with van der Waals surface area (Å²) in [5, 5.41) is 8.74. The number of hydrogen-bond donors (Lipinski definition) is 2. The predicted molar refractivity (Wildman–Crippen MR) is 75.8 cm³/mol. The highest BCUT2D eigenvalue weighted by molar-refractivity contribution is 9.12. The molecular weight excluding hydrogens is 394 g/mol. The molecule has 2 N–H and O–H groups in total. The number of sulfonamides is 1. The number of halogens is 2. The zero-order valence-electron chi connectivity index (χ0n) is 9.11. The van der Waals surface area contributed by atoms with E-state index in [1.807, 2.05) is 6.92 Å². The van der Waals surface area contributed by atoms with Gasteiger partial charge in [-0.1, -0.05) is 6.92 Å². The van der Waals surface area contributed by atoms with Crippen molar-refractivity contribution in [1.82, 2.24) is 4.72 Å². The molecule has 0 saturated heterocycles. The lowest BCUT2D eigenvalue weighted by atomic mass is 10.1. The van der Waals surface area contributed by atoms with Crippen LogP contribution in [0.2, 0.25) is 0 Å². The van der Waals surface area contributed by atoms with Gasteiger partial charge in [-0.15, -0.1) is 11.3 Å². The molecule has 0 aliphatic rings. The first-order valence-corrected chi connectivity index (χ1v) is 8.80. The quantitative estimate of drug-likeness (QED) is 0.762. The largest absolute Gasteiger partial charge is 0.396 e. The van der Waals surface area contributed by atoms with Crippen molar-refractivity contribution in [3.63, 3.8) is 0 Å². The summed E-state index contributed by atoms with van der Waals surface area (Å²) in [6, 6.07) is 1.56. The molecule has 0 aromatic carbocycles. The van der Waals surface area contributed by atoms with Crippen LogP contribution in [0.15, 0.2) is 18.5 Å². The van der Waals surface area contributed by atoms with Gasteiger partial charge >= 0.3 is 0 Å². The molecule has 0 saturated carbocycles. The third-order valence-corrected chi connectivity index (χ3v) is 6.34. The van der Waals surface area contributed by atoms with Crippen molar-refractivity contribution in [2.24, 2.45) is 5.92 Å². The molecule has 1 aromatic rings. The molecule has 8 heteroatoms. The number of rotatable bonds is 6. The highest BCUT2D eigenvalue weighted by Gasteiger charge is 2.20. The molecule has 98 valence electrons. The molecule has 1 atom stereocenters. The first kappa shape index (κ1) is 15.6. The van der Waals surface area contributed by atoms with Crippen molar-refractivity contribution < 1.29 is 13.5 Å². The summed E-state index contributed by atoms with van der Waals surface area (Å²) in [6.07, 6.45) is 0.580. The first-order chi connectivity index (χ1) is 7.86. The van der Waals surface area contributed by atoms with Gasteiger partial charge in [-0.05, 0) is 50.3 Å². The van der Waals surface area contributed by atoms with Crippen molar-refractivity contribution in [1.29, 1.82) is 0 Å². The number of thiophene rings is 1. The van der Waals surface area contributed by atoms with Gasteiger partial charge in [0.05, 0.1) is 7.57 Å². The molecule has 0 amide bonds. The zero-order chi connectivity index (χ0) is 13.1. The second-order valence-electron chi connectivity index (χ2n) is 3.66. The average molecular weight is 407 g/mol. The number of aliphatic hydroxyl groups excluding tert-OH is 1. The fourth-order valence-corrected chi connectivity index (χ4v) is 6.14. The summed E-state index contributed by atoms with van der Waals surface area (Å²) in [6.45, 7) is 2.27. The Hall–Kier alpha value is 0.530. The lowest BCUT2D eigenvalue weighted by molar-refractivity contribution is 0.263. The summed E-state index contributed by atoms with van der Waals surface area (Å²) in [4.78, 5) is 0.241. The van der Waals surface area contributed by atoms with Crippen LogP contribution in [0.4, 0.5) is 0 Å². The van der Waals surface area contributed by atoms with Crippen LogP contribution in [-0.2, 0) is 10.0 Å². The van der Waals surface area contributed by atoms with E-state index in [0.29, 0.717) is 16.8 Å². The van der Waals surface area contributed by atoms with Crippen LogP contribution < -0.4 is 4.72 Å². The van der Waals surface area contributed by atoms with E-state index in [4.69, 9.17) is 5.11 Å². The van der Waals surface area contributed by atoms with Gasteiger partial charge in [0.25, 0.3) is 0 Å². The van der Waals surface area contributed by atoms with E-state index in [1.54, 1.807) is 6.07 Å². The highest BCUT2D eigenvalue weighted by Crippen LogP contribution is 2.34. The fourth-order valence-electron chi connectivity index (χ4n) is 1.16. The van der Waals surface area contributed by atoms with Gasteiger partial charge in [0, 0.05) is 13.2 Å². The van der Waals surface area contributed by atoms with Gasteiger partial charge in [0.15, 0.2) is 0 Å². The van der Waals surface area contributed by atoms with Crippen molar-refractivity contribution in [2.45, 2.75) is 18.2 Å². The summed E-state index contributed by atoms with van der Waals surface area (Å²) in [5.74, 6) is 0.107. The molecule has 1 unspecified atom stereocenters. The van der Waals surface area contributed by atoms with E-state index in [1.165, 1.54) is 11.3 Å². The lowest BCUT2D eigenvalue weighted by Gasteiger charge is -2.11. The summed E-state index contributed by atoms with van der Waals surface area (Å²) in [5.41, 5.74) is 0. The molecule has 1 aromatic heterocycles. The molecular formula is C9H13Br2NO3S2. The molecule has 1 rings (SSSR count). The van der Waals surface area contributed by atoms with Crippen LogP contribution in [0.1, 0.15) is 13.3 Å². The van der Waals surface area contributed by atoms with Gasteiger partial charge in [0.1, 0.15) is 4.90 Å². The van der Waals surface area contributed by atoms with Crippen LogP contribution >= 0.6 is 43.2 Å². The van der Waals surface area contributed by atoms with Gasteiger partial charge in [-0.3, -0.25) is 0 Å². The number of hydrogen-bond acceptors (Lipinski definition) is 4. The van der Waals surface area contributed by atoms with Crippen LogP contribution in [0.25, 0.3) is 0 Å². The minimum atomic E-state index is -3.48. The Balaban J connectivity index is 2.73. The van der Waals surface area contributed by atoms with Crippen molar-refractivity contribution in [3.05, 3.63) is 13.6 Å². The molecule has 17 heavy (non-hydrogen) atoms. The molecule has 0 aliphatic carbocycles. The monoisotopic (exact) mass is 405 g/mol. The molecule has 0 bridgehead atoms. The molecule has 0 radical (unpaired) electrons. The smallest absolute Gasteiger partial charge is 0.242 e. The van der Waals surface area contributed by atoms with Gasteiger partial charge < -0.3 is 5.11 Å². The first-order valence-electron chi connectivity index (χ1n) is 4.92. The molecule has 0 spiro atoms. The maximum Gasteiger partial charge on any atom is 0.242 e. The Morgan fingerprint density at radius 3 is 2.65 bits per heavy atom. The van der Waals surface area contributed by atoms with Gasteiger partial charge in [0.2, 0.25) is 10.0 Å². The van der Waals surface area contributed by atoms with Crippen LogP contribution in [0.3, 0.4) is 0 Å². The Labute approximate surface area is 122 Å². The Morgan fingerprint density at radius 2 is 2.18 bits per heavy atom. The Bertz CT molecular complexity index is 473. The normalized spacial score (nSPS) is 13.9. The molecule has 4 nitrogen and oxygen atoms in total.